The molecule has 0 saturated heterocycles. The molecule has 2 amide bonds. The van der Waals surface area contributed by atoms with E-state index in [9.17, 15) is 18.0 Å². The third kappa shape index (κ3) is 4.59. The van der Waals surface area contributed by atoms with Gasteiger partial charge in [0.1, 0.15) is 11.5 Å². The average molecular weight is 369 g/mol. The summed E-state index contributed by atoms with van der Waals surface area (Å²) in [6.45, 7) is 0. The van der Waals surface area contributed by atoms with Crippen molar-refractivity contribution in [2.45, 2.75) is 57.0 Å². The molecule has 1 fully saturated rings. The smallest absolute Gasteiger partial charge is 0.273 e. The molecular formula is C16H23N3O5S. The normalized spacial score (nSPS) is 20.9. The van der Waals surface area contributed by atoms with E-state index in [0.717, 1.165) is 31.9 Å². The first-order valence-corrected chi connectivity index (χ1v) is 10.6. The van der Waals surface area contributed by atoms with Crippen LogP contribution in [-0.4, -0.2) is 49.5 Å². The highest BCUT2D eigenvalue weighted by atomic mass is 32.2. The van der Waals surface area contributed by atoms with Gasteiger partial charge in [0.05, 0.1) is 0 Å². The molecule has 0 spiro atoms. The van der Waals surface area contributed by atoms with Gasteiger partial charge in [0.2, 0.25) is 5.91 Å². The minimum atomic E-state index is -3.37. The van der Waals surface area contributed by atoms with Crippen LogP contribution in [0.2, 0.25) is 0 Å². The third-order valence-corrected chi connectivity index (χ3v) is 5.49. The van der Waals surface area contributed by atoms with Crippen LogP contribution in [0.5, 0.6) is 0 Å². The largest absolute Gasteiger partial charge is 0.360 e. The highest BCUT2D eigenvalue weighted by Gasteiger charge is 2.30. The lowest BCUT2D eigenvalue weighted by atomic mass is 9.92. The fourth-order valence-corrected chi connectivity index (χ4v) is 4.10. The fourth-order valence-electron chi connectivity index (χ4n) is 3.54. The molecule has 1 aromatic heterocycles. The number of hydrogen-bond acceptors (Lipinski definition) is 6. The summed E-state index contributed by atoms with van der Waals surface area (Å²) in [7, 11) is -3.37. The summed E-state index contributed by atoms with van der Waals surface area (Å²) in [6, 6.07) is -0.0344. The van der Waals surface area contributed by atoms with Gasteiger partial charge in [0.15, 0.2) is 15.5 Å². The van der Waals surface area contributed by atoms with Crippen LogP contribution < -0.4 is 10.6 Å². The van der Waals surface area contributed by atoms with Crippen LogP contribution in [0.25, 0.3) is 0 Å². The molecule has 1 saturated carbocycles. The van der Waals surface area contributed by atoms with E-state index in [-0.39, 0.29) is 23.7 Å². The predicted octanol–water partition coefficient (Wildman–Crippen LogP) is 0.365. The van der Waals surface area contributed by atoms with Crippen molar-refractivity contribution in [1.29, 1.82) is 0 Å². The van der Waals surface area contributed by atoms with Gasteiger partial charge in [-0.2, -0.15) is 0 Å². The molecule has 3 rings (SSSR count). The molecule has 25 heavy (non-hydrogen) atoms. The van der Waals surface area contributed by atoms with E-state index in [1.807, 2.05) is 0 Å². The van der Waals surface area contributed by atoms with E-state index in [0.29, 0.717) is 30.6 Å². The molecule has 0 bridgehead atoms. The Bertz CT molecular complexity index is 765. The number of carbonyl (C=O) groups excluding carboxylic acids is 2. The molecule has 1 heterocycles. The Kier molecular flexibility index (Phi) is 5.12. The Hall–Kier alpha value is -1.90. The zero-order chi connectivity index (χ0) is 18.0. The number of fused-ring (bicyclic) bond motifs is 1. The summed E-state index contributed by atoms with van der Waals surface area (Å²) >= 11 is 0. The van der Waals surface area contributed by atoms with Crippen LogP contribution in [0, 0.1) is 0 Å². The van der Waals surface area contributed by atoms with Gasteiger partial charge in [-0.05, 0) is 25.7 Å². The van der Waals surface area contributed by atoms with Crippen molar-refractivity contribution in [2.24, 2.45) is 0 Å². The Morgan fingerprint density at radius 1 is 1.16 bits per heavy atom. The summed E-state index contributed by atoms with van der Waals surface area (Å²) in [4.78, 5) is 24.3. The van der Waals surface area contributed by atoms with E-state index >= 15 is 0 Å². The van der Waals surface area contributed by atoms with E-state index in [1.165, 1.54) is 0 Å². The minimum Gasteiger partial charge on any atom is -0.360 e. The number of nitrogens with one attached hydrogen (secondary N) is 2. The predicted molar refractivity (Wildman–Crippen MR) is 89.9 cm³/mol. The first-order chi connectivity index (χ1) is 11.8. The maximum atomic E-state index is 12.4. The number of aromatic nitrogens is 1. The number of nitrogens with zero attached hydrogens (tertiary/aromatic N) is 1. The van der Waals surface area contributed by atoms with Crippen molar-refractivity contribution in [2.75, 3.05) is 12.0 Å². The second-order valence-corrected chi connectivity index (χ2v) is 9.11. The van der Waals surface area contributed by atoms with E-state index in [1.54, 1.807) is 0 Å². The monoisotopic (exact) mass is 369 g/mol. The third-order valence-electron chi connectivity index (χ3n) is 4.70. The Morgan fingerprint density at radius 3 is 2.56 bits per heavy atom. The lowest BCUT2D eigenvalue weighted by Gasteiger charge is -2.22. The van der Waals surface area contributed by atoms with Crippen molar-refractivity contribution in [3.63, 3.8) is 0 Å². The summed E-state index contributed by atoms with van der Waals surface area (Å²) < 4.78 is 27.7. The number of sulfone groups is 1. The van der Waals surface area contributed by atoms with Crippen molar-refractivity contribution in [1.82, 2.24) is 15.8 Å². The van der Waals surface area contributed by atoms with Crippen LogP contribution >= 0.6 is 0 Å². The van der Waals surface area contributed by atoms with Gasteiger partial charge < -0.3 is 15.2 Å². The van der Waals surface area contributed by atoms with E-state index in [2.05, 4.69) is 15.8 Å². The summed E-state index contributed by atoms with van der Waals surface area (Å²) in [5, 5.41) is 9.63. The van der Waals surface area contributed by atoms with Crippen molar-refractivity contribution >= 4 is 21.7 Å². The maximum Gasteiger partial charge on any atom is 0.273 e. The fraction of sp³-hybridized carbons (Fsp3) is 0.688. The zero-order valence-corrected chi connectivity index (χ0v) is 15.0. The van der Waals surface area contributed by atoms with E-state index in [4.69, 9.17) is 4.52 Å². The SMILES string of the molecule is CS(=O)(=O)CC(=O)NC1CCc2onc(C(=O)NC3CCCC3)c2C1. The number of amides is 2. The second-order valence-electron chi connectivity index (χ2n) is 6.97. The van der Waals surface area contributed by atoms with Crippen molar-refractivity contribution in [3.8, 4) is 0 Å². The lowest BCUT2D eigenvalue weighted by Crippen LogP contribution is -2.42. The molecule has 1 aromatic rings. The molecule has 138 valence electrons. The summed E-state index contributed by atoms with van der Waals surface area (Å²) in [5.74, 6) is -0.621. The Balaban J connectivity index is 1.64. The van der Waals surface area contributed by atoms with Gasteiger partial charge >= 0.3 is 0 Å². The molecule has 0 aliphatic heterocycles. The van der Waals surface area contributed by atoms with Crippen molar-refractivity contribution < 1.29 is 22.5 Å². The molecule has 1 unspecified atom stereocenters. The van der Waals surface area contributed by atoms with Crippen LogP contribution in [0.1, 0.15) is 53.9 Å². The van der Waals surface area contributed by atoms with Crippen LogP contribution in [0.3, 0.4) is 0 Å². The minimum absolute atomic E-state index is 0.189. The Labute approximate surface area is 146 Å². The number of carbonyl (C=O) groups is 2. The molecule has 0 aromatic carbocycles. The number of rotatable bonds is 5. The standard InChI is InChI=1S/C16H23N3O5S/c1-25(22,23)9-14(20)17-11-6-7-13-12(8-11)15(19-24-13)16(21)18-10-4-2-3-5-10/h10-11H,2-9H2,1H3,(H,17,20)(H,18,21). The van der Waals surface area contributed by atoms with Gasteiger partial charge in [-0.25, -0.2) is 8.42 Å². The summed E-state index contributed by atoms with van der Waals surface area (Å²) in [6.07, 6.45) is 6.83. The van der Waals surface area contributed by atoms with Crippen molar-refractivity contribution in [3.05, 3.63) is 17.0 Å². The van der Waals surface area contributed by atoms with Crippen LogP contribution in [0.4, 0.5) is 0 Å². The number of aryl methyl sites for hydroxylation is 1. The quantitative estimate of drug-likeness (QED) is 0.774. The molecule has 2 N–H and O–H groups in total. The number of hydrogen-bond donors (Lipinski definition) is 2. The van der Waals surface area contributed by atoms with Gasteiger partial charge in [0.25, 0.3) is 5.91 Å². The molecule has 9 heteroatoms. The molecule has 8 nitrogen and oxygen atoms in total. The summed E-state index contributed by atoms with van der Waals surface area (Å²) in [5.41, 5.74) is 0.996. The van der Waals surface area contributed by atoms with E-state index < -0.39 is 21.5 Å². The molecule has 2 aliphatic carbocycles. The molecule has 0 radical (unpaired) electrons. The maximum absolute atomic E-state index is 12.4. The highest BCUT2D eigenvalue weighted by Crippen LogP contribution is 2.25. The second kappa shape index (κ2) is 7.15. The lowest BCUT2D eigenvalue weighted by molar-refractivity contribution is -0.119. The van der Waals surface area contributed by atoms with Gasteiger partial charge in [-0.15, -0.1) is 0 Å². The first kappa shape index (κ1) is 17.9. The molecule has 2 aliphatic rings. The first-order valence-electron chi connectivity index (χ1n) is 8.57. The zero-order valence-electron chi connectivity index (χ0n) is 14.2. The van der Waals surface area contributed by atoms with Crippen LogP contribution in [0.15, 0.2) is 4.52 Å². The molecular weight excluding hydrogens is 346 g/mol. The topological polar surface area (TPSA) is 118 Å². The van der Waals surface area contributed by atoms with Gasteiger partial charge in [0, 0.05) is 30.3 Å². The average Bonchev–Trinajstić information content (AvgIpc) is 3.13. The molecule has 1 atom stereocenters. The van der Waals surface area contributed by atoms with Crippen LogP contribution in [-0.2, 0) is 27.5 Å². The van der Waals surface area contributed by atoms with Gasteiger partial charge in [-0.3, -0.25) is 9.59 Å². The Morgan fingerprint density at radius 2 is 1.88 bits per heavy atom. The highest BCUT2D eigenvalue weighted by molar-refractivity contribution is 7.91. The van der Waals surface area contributed by atoms with Gasteiger partial charge in [-0.1, -0.05) is 18.0 Å².